The summed E-state index contributed by atoms with van der Waals surface area (Å²) >= 11 is 0. The Morgan fingerprint density at radius 2 is 0.597 bits per heavy atom. The van der Waals surface area contributed by atoms with Gasteiger partial charge in [0.2, 0.25) is 0 Å². The molecule has 0 fully saturated rings. The van der Waals surface area contributed by atoms with E-state index in [-0.39, 0.29) is 31.1 Å². The molecule has 1 atom stereocenters. The summed E-state index contributed by atoms with van der Waals surface area (Å²) in [6.07, 6.45) is 72.5. The van der Waals surface area contributed by atoms with Crippen molar-refractivity contribution in [1.82, 2.24) is 0 Å². The molecule has 6 nitrogen and oxygen atoms in total. The lowest BCUT2D eigenvalue weighted by atomic mass is 10.1. The molecule has 0 heterocycles. The molecule has 0 saturated heterocycles. The molecule has 0 saturated carbocycles. The van der Waals surface area contributed by atoms with Crippen molar-refractivity contribution in [3.63, 3.8) is 0 Å². The van der Waals surface area contributed by atoms with Crippen molar-refractivity contribution in [3.8, 4) is 0 Å². The van der Waals surface area contributed by atoms with Crippen LogP contribution in [0.2, 0.25) is 0 Å². The third kappa shape index (κ3) is 53.2. The molecule has 0 aliphatic carbocycles. The van der Waals surface area contributed by atoms with E-state index in [9.17, 15) is 14.4 Å². The number of esters is 3. The van der Waals surface area contributed by atoms with Gasteiger partial charge in [-0.2, -0.15) is 0 Å². The Kier molecular flexibility index (Phi) is 51.9. The molecule has 0 aromatic heterocycles. The highest BCUT2D eigenvalue weighted by molar-refractivity contribution is 5.71. The molecule has 0 aliphatic heterocycles. The minimum atomic E-state index is -0.801. The van der Waals surface area contributed by atoms with Crippen molar-refractivity contribution in [2.75, 3.05) is 13.2 Å². The molecule has 0 spiro atoms. The monoisotopic (exact) mass is 931 g/mol. The van der Waals surface area contributed by atoms with Crippen molar-refractivity contribution in [3.05, 3.63) is 97.2 Å². The lowest BCUT2D eigenvalue weighted by molar-refractivity contribution is -0.167. The molecule has 6 heteroatoms. The van der Waals surface area contributed by atoms with Gasteiger partial charge >= 0.3 is 17.9 Å². The molecule has 0 aliphatic rings. The number of unbranched alkanes of at least 4 members (excludes halogenated alkanes) is 27. The van der Waals surface area contributed by atoms with E-state index in [2.05, 4.69) is 118 Å². The van der Waals surface area contributed by atoms with Gasteiger partial charge in [0.05, 0.1) is 0 Å². The van der Waals surface area contributed by atoms with E-state index < -0.39 is 6.10 Å². The Morgan fingerprint density at radius 3 is 0.985 bits per heavy atom. The van der Waals surface area contributed by atoms with Gasteiger partial charge in [-0.3, -0.25) is 14.4 Å². The molecule has 382 valence electrons. The van der Waals surface area contributed by atoms with Gasteiger partial charge in [-0.15, -0.1) is 0 Å². The molecule has 0 aromatic carbocycles. The molecule has 0 radical (unpaired) electrons. The van der Waals surface area contributed by atoms with E-state index in [0.29, 0.717) is 19.3 Å². The van der Waals surface area contributed by atoms with Gasteiger partial charge in [0.15, 0.2) is 6.10 Å². The van der Waals surface area contributed by atoms with Crippen LogP contribution in [-0.2, 0) is 28.6 Å². The van der Waals surface area contributed by atoms with Crippen molar-refractivity contribution < 1.29 is 28.6 Å². The third-order valence-corrected chi connectivity index (χ3v) is 11.7. The van der Waals surface area contributed by atoms with Crippen LogP contribution in [-0.4, -0.2) is 37.2 Å². The van der Waals surface area contributed by atoms with Crippen molar-refractivity contribution >= 4 is 17.9 Å². The van der Waals surface area contributed by atoms with Crippen molar-refractivity contribution in [1.29, 1.82) is 0 Å². The predicted octanol–water partition coefficient (Wildman–Crippen LogP) is 18.5. The second kappa shape index (κ2) is 54.9. The normalized spacial score (nSPS) is 12.8. The first-order chi connectivity index (χ1) is 33.0. The van der Waals surface area contributed by atoms with Crippen LogP contribution in [0, 0.1) is 0 Å². The Labute approximate surface area is 413 Å². The number of allylic oxidation sites excluding steroid dienone is 16. The summed E-state index contributed by atoms with van der Waals surface area (Å²) in [5, 5.41) is 0. The maximum atomic E-state index is 12.8. The minimum absolute atomic E-state index is 0.100. The third-order valence-electron chi connectivity index (χ3n) is 11.7. The Bertz CT molecular complexity index is 1350. The highest BCUT2D eigenvalue weighted by atomic mass is 16.6. The van der Waals surface area contributed by atoms with Gasteiger partial charge in [-0.1, -0.05) is 240 Å². The number of hydrogen-bond donors (Lipinski definition) is 0. The molecule has 0 rings (SSSR count). The quantitative estimate of drug-likeness (QED) is 0.0199. The number of hydrogen-bond acceptors (Lipinski definition) is 6. The standard InChI is InChI=1S/C61H102O6/c1-4-7-10-13-16-19-22-25-27-29-31-33-36-39-42-45-48-51-54-60(63)66-57-58(56-65-59(62)53-50-47-44-41-38-35-24-21-18-15-12-9-6-3)67-61(64)55-52-49-46-43-40-37-34-32-30-28-26-23-20-17-14-11-8-5-2/h9,12,15-16,18-19,21-22,24-25,27,29,31-34,58H,4-8,10-11,13-14,17,20,23,26,28,30,35-57H2,1-3H3/b12-9-,18-15-,19-16-,24-21-,25-22-,29-27-,33-31-,34-32-. The lowest BCUT2D eigenvalue weighted by Gasteiger charge is -2.18. The smallest absolute Gasteiger partial charge is 0.306 e. The Balaban J connectivity index is 4.46. The molecule has 0 N–H and O–H groups in total. The van der Waals surface area contributed by atoms with Crippen LogP contribution in [0.15, 0.2) is 97.2 Å². The van der Waals surface area contributed by atoms with Gasteiger partial charge in [0, 0.05) is 19.3 Å². The van der Waals surface area contributed by atoms with Crippen LogP contribution in [0.4, 0.5) is 0 Å². The largest absolute Gasteiger partial charge is 0.462 e. The van der Waals surface area contributed by atoms with E-state index in [1.54, 1.807) is 0 Å². The molecule has 67 heavy (non-hydrogen) atoms. The summed E-state index contributed by atoms with van der Waals surface area (Å²) in [7, 11) is 0. The fraction of sp³-hybridized carbons (Fsp3) is 0.689. The molecule has 0 bridgehead atoms. The van der Waals surface area contributed by atoms with Gasteiger partial charge in [0.1, 0.15) is 13.2 Å². The Hall–Kier alpha value is -3.67. The lowest BCUT2D eigenvalue weighted by Crippen LogP contribution is -2.30. The van der Waals surface area contributed by atoms with Gasteiger partial charge in [-0.05, 0) is 89.9 Å². The van der Waals surface area contributed by atoms with E-state index in [1.807, 2.05) is 0 Å². The second-order valence-corrected chi connectivity index (χ2v) is 18.3. The number of rotatable bonds is 49. The van der Waals surface area contributed by atoms with Crippen LogP contribution in [0.5, 0.6) is 0 Å². The average molecular weight is 931 g/mol. The van der Waals surface area contributed by atoms with Gasteiger partial charge < -0.3 is 14.2 Å². The highest BCUT2D eigenvalue weighted by Gasteiger charge is 2.19. The maximum Gasteiger partial charge on any atom is 0.306 e. The molecule has 0 amide bonds. The summed E-state index contributed by atoms with van der Waals surface area (Å²) < 4.78 is 16.8. The first-order valence-corrected chi connectivity index (χ1v) is 27.8. The first kappa shape index (κ1) is 63.3. The number of ether oxygens (including phenoxy) is 3. The maximum absolute atomic E-state index is 12.8. The van der Waals surface area contributed by atoms with Gasteiger partial charge in [0.25, 0.3) is 0 Å². The highest BCUT2D eigenvalue weighted by Crippen LogP contribution is 2.14. The zero-order valence-electron chi connectivity index (χ0n) is 43.6. The first-order valence-electron chi connectivity index (χ1n) is 27.8. The van der Waals surface area contributed by atoms with E-state index in [4.69, 9.17) is 14.2 Å². The van der Waals surface area contributed by atoms with Crippen LogP contribution in [0.3, 0.4) is 0 Å². The number of carbonyl (C=O) groups excluding carboxylic acids is 3. The zero-order chi connectivity index (χ0) is 48.6. The minimum Gasteiger partial charge on any atom is -0.462 e. The van der Waals surface area contributed by atoms with E-state index in [1.165, 1.54) is 89.9 Å². The predicted molar refractivity (Wildman–Crippen MR) is 288 cm³/mol. The topological polar surface area (TPSA) is 78.9 Å². The summed E-state index contributed by atoms with van der Waals surface area (Å²) in [5.41, 5.74) is 0. The van der Waals surface area contributed by atoms with Gasteiger partial charge in [-0.25, -0.2) is 0 Å². The summed E-state index contributed by atoms with van der Waals surface area (Å²) in [4.78, 5) is 38.1. The van der Waals surface area contributed by atoms with E-state index >= 15 is 0 Å². The van der Waals surface area contributed by atoms with E-state index in [0.717, 1.165) is 122 Å². The molecule has 0 aromatic rings. The molecular weight excluding hydrogens is 829 g/mol. The average Bonchev–Trinajstić information content (AvgIpc) is 3.33. The second-order valence-electron chi connectivity index (χ2n) is 18.3. The summed E-state index contributed by atoms with van der Waals surface area (Å²) in [6.45, 7) is 6.43. The van der Waals surface area contributed by atoms with Crippen LogP contribution >= 0.6 is 0 Å². The SMILES string of the molecule is CC\C=C/C=C\C=C/CCCCCCCC(=O)OCC(COC(=O)CCCCCCC\C=C/C=C\C=C/C=C\CCCCC)OC(=O)CCCCCCC/C=C\CCCCCCCCCCC. The van der Waals surface area contributed by atoms with Crippen LogP contribution < -0.4 is 0 Å². The fourth-order valence-electron chi connectivity index (χ4n) is 7.51. The van der Waals surface area contributed by atoms with Crippen molar-refractivity contribution in [2.24, 2.45) is 0 Å². The van der Waals surface area contributed by atoms with Crippen LogP contribution in [0.1, 0.15) is 252 Å². The molecule has 1 unspecified atom stereocenters. The molecular formula is C61H102O6. The summed E-state index contributed by atoms with van der Waals surface area (Å²) in [6, 6.07) is 0. The zero-order valence-corrected chi connectivity index (χ0v) is 43.6. The van der Waals surface area contributed by atoms with Crippen molar-refractivity contribution in [2.45, 2.75) is 258 Å². The summed E-state index contributed by atoms with van der Waals surface area (Å²) in [5.74, 6) is -0.949. The Morgan fingerprint density at radius 1 is 0.313 bits per heavy atom. The number of carbonyl (C=O) groups is 3. The van der Waals surface area contributed by atoms with Crippen LogP contribution in [0.25, 0.3) is 0 Å². The fourth-order valence-corrected chi connectivity index (χ4v) is 7.51.